The van der Waals surface area contributed by atoms with Gasteiger partial charge in [-0.15, -0.1) is 0 Å². The summed E-state index contributed by atoms with van der Waals surface area (Å²) >= 11 is 0. The molecule has 2 rings (SSSR count). The van der Waals surface area contributed by atoms with Gasteiger partial charge in [-0.3, -0.25) is 4.79 Å². The van der Waals surface area contributed by atoms with Gasteiger partial charge in [0.1, 0.15) is 11.5 Å². The van der Waals surface area contributed by atoms with Crippen molar-refractivity contribution in [3.63, 3.8) is 0 Å². The fourth-order valence-corrected chi connectivity index (χ4v) is 3.33. The molecule has 130 valence electrons. The summed E-state index contributed by atoms with van der Waals surface area (Å²) in [5, 5.41) is 9.44. The van der Waals surface area contributed by atoms with Gasteiger partial charge in [-0.25, -0.2) is 0 Å². The number of esters is 1. The number of benzene rings is 1. The first-order valence-electron chi connectivity index (χ1n) is 8.98. The van der Waals surface area contributed by atoms with Crippen LogP contribution in [0, 0.1) is 22.7 Å². The SMILES string of the molecule is CCCOc1ccc(OC(=O)[C@H]2CC[C@@](C#N)(CCC)CC2)cc1. The van der Waals surface area contributed by atoms with E-state index in [1.54, 1.807) is 12.1 Å². The van der Waals surface area contributed by atoms with E-state index in [4.69, 9.17) is 9.47 Å². The number of carbonyl (C=O) groups excluding carboxylic acids is 1. The highest BCUT2D eigenvalue weighted by Gasteiger charge is 2.37. The fraction of sp³-hybridized carbons (Fsp3) is 0.600. The van der Waals surface area contributed by atoms with Crippen molar-refractivity contribution in [1.82, 2.24) is 0 Å². The van der Waals surface area contributed by atoms with Gasteiger partial charge in [0.2, 0.25) is 0 Å². The smallest absolute Gasteiger partial charge is 0.314 e. The van der Waals surface area contributed by atoms with E-state index in [-0.39, 0.29) is 17.3 Å². The lowest BCUT2D eigenvalue weighted by molar-refractivity contribution is -0.140. The molecule has 0 unspecified atom stereocenters. The summed E-state index contributed by atoms with van der Waals surface area (Å²) in [6.45, 7) is 4.84. The third kappa shape index (κ3) is 4.74. The lowest BCUT2D eigenvalue weighted by Crippen LogP contribution is -2.31. The molecule has 0 radical (unpaired) electrons. The molecule has 1 saturated carbocycles. The molecule has 0 heterocycles. The molecule has 0 aliphatic heterocycles. The van der Waals surface area contributed by atoms with E-state index in [1.165, 1.54) is 0 Å². The van der Waals surface area contributed by atoms with Crippen LogP contribution >= 0.6 is 0 Å². The molecular formula is C20H27NO3. The van der Waals surface area contributed by atoms with Crippen LogP contribution in [0.4, 0.5) is 0 Å². The van der Waals surface area contributed by atoms with Crippen molar-refractivity contribution in [3.8, 4) is 17.6 Å². The fourth-order valence-electron chi connectivity index (χ4n) is 3.33. The molecule has 0 atom stereocenters. The number of hydrogen-bond acceptors (Lipinski definition) is 4. The largest absolute Gasteiger partial charge is 0.494 e. The highest BCUT2D eigenvalue weighted by molar-refractivity contribution is 5.75. The van der Waals surface area contributed by atoms with E-state index < -0.39 is 0 Å². The molecule has 0 spiro atoms. The van der Waals surface area contributed by atoms with Gasteiger partial charge in [0.25, 0.3) is 0 Å². The van der Waals surface area contributed by atoms with Gasteiger partial charge in [0, 0.05) is 0 Å². The Labute approximate surface area is 144 Å². The van der Waals surface area contributed by atoms with Crippen LogP contribution in [0.1, 0.15) is 58.8 Å². The molecular weight excluding hydrogens is 302 g/mol. The average Bonchev–Trinajstić information content (AvgIpc) is 2.62. The summed E-state index contributed by atoms with van der Waals surface area (Å²) in [6.07, 6.45) is 5.95. The summed E-state index contributed by atoms with van der Waals surface area (Å²) in [6, 6.07) is 9.66. The molecule has 1 aliphatic carbocycles. The van der Waals surface area contributed by atoms with Gasteiger partial charge in [0.15, 0.2) is 0 Å². The number of nitrogens with zero attached hydrogens (tertiary/aromatic N) is 1. The molecule has 4 nitrogen and oxygen atoms in total. The summed E-state index contributed by atoms with van der Waals surface area (Å²) in [4.78, 5) is 12.3. The molecule has 1 fully saturated rings. The van der Waals surface area contributed by atoms with Gasteiger partial charge < -0.3 is 9.47 Å². The van der Waals surface area contributed by atoms with Crippen LogP contribution in [0.3, 0.4) is 0 Å². The molecule has 0 amide bonds. The third-order valence-corrected chi connectivity index (χ3v) is 4.76. The van der Waals surface area contributed by atoms with Crippen molar-refractivity contribution in [2.75, 3.05) is 6.61 Å². The number of carbonyl (C=O) groups is 1. The summed E-state index contributed by atoms with van der Waals surface area (Å²) in [5.41, 5.74) is -0.232. The molecule has 0 N–H and O–H groups in total. The second kappa shape index (κ2) is 8.73. The number of nitriles is 1. The Morgan fingerprint density at radius 2 is 1.79 bits per heavy atom. The second-order valence-corrected chi connectivity index (χ2v) is 6.66. The number of rotatable bonds is 7. The van der Waals surface area contributed by atoms with Gasteiger partial charge in [-0.1, -0.05) is 20.3 Å². The minimum atomic E-state index is -0.232. The van der Waals surface area contributed by atoms with Crippen molar-refractivity contribution < 1.29 is 14.3 Å². The normalized spacial score (nSPS) is 23.3. The number of hydrogen-bond donors (Lipinski definition) is 0. The first-order chi connectivity index (χ1) is 11.6. The maximum absolute atomic E-state index is 12.3. The average molecular weight is 329 g/mol. The van der Waals surface area contributed by atoms with Crippen molar-refractivity contribution in [2.45, 2.75) is 58.8 Å². The monoisotopic (exact) mass is 329 g/mol. The lowest BCUT2D eigenvalue weighted by atomic mass is 9.69. The van der Waals surface area contributed by atoms with Gasteiger partial charge in [0.05, 0.1) is 24.0 Å². The molecule has 0 bridgehead atoms. The van der Waals surface area contributed by atoms with Gasteiger partial charge in [-0.05, 0) is 62.8 Å². The Kier molecular flexibility index (Phi) is 6.66. The summed E-state index contributed by atoms with van der Waals surface area (Å²) in [7, 11) is 0. The summed E-state index contributed by atoms with van der Waals surface area (Å²) in [5.74, 6) is 1.06. The van der Waals surface area contributed by atoms with E-state index in [0.717, 1.165) is 50.7 Å². The molecule has 1 aromatic rings. The van der Waals surface area contributed by atoms with Crippen LogP contribution < -0.4 is 9.47 Å². The van der Waals surface area contributed by atoms with Crippen LogP contribution in [-0.2, 0) is 4.79 Å². The zero-order chi connectivity index (χ0) is 17.4. The maximum Gasteiger partial charge on any atom is 0.314 e. The van der Waals surface area contributed by atoms with E-state index in [2.05, 4.69) is 19.9 Å². The Bertz CT molecular complexity index is 566. The van der Waals surface area contributed by atoms with E-state index in [1.807, 2.05) is 12.1 Å². The van der Waals surface area contributed by atoms with Crippen molar-refractivity contribution in [1.29, 1.82) is 5.26 Å². The highest BCUT2D eigenvalue weighted by Crippen LogP contribution is 2.42. The highest BCUT2D eigenvalue weighted by atomic mass is 16.5. The standard InChI is InChI=1S/C20H27NO3/c1-3-11-20(15-21)12-9-16(10-13-20)19(22)24-18-7-5-17(6-8-18)23-14-4-2/h5-8,16H,3-4,9-14H2,1-2H3/t16-,20-. The first-order valence-corrected chi connectivity index (χ1v) is 8.98. The lowest BCUT2D eigenvalue weighted by Gasteiger charge is -2.33. The Hall–Kier alpha value is -2.02. The summed E-state index contributed by atoms with van der Waals surface area (Å²) < 4.78 is 11.0. The molecule has 0 aromatic heterocycles. The predicted octanol–water partition coefficient (Wildman–Crippen LogP) is 4.88. The quantitative estimate of drug-likeness (QED) is 0.528. The van der Waals surface area contributed by atoms with Crippen LogP contribution in [0.2, 0.25) is 0 Å². The van der Waals surface area contributed by atoms with Crippen molar-refractivity contribution >= 4 is 5.97 Å². The molecule has 1 aliphatic rings. The topological polar surface area (TPSA) is 59.3 Å². The van der Waals surface area contributed by atoms with Crippen LogP contribution in [0.5, 0.6) is 11.5 Å². The Morgan fingerprint density at radius 1 is 1.17 bits per heavy atom. The van der Waals surface area contributed by atoms with Crippen LogP contribution in [0.15, 0.2) is 24.3 Å². The van der Waals surface area contributed by atoms with E-state index in [9.17, 15) is 10.1 Å². The Balaban J connectivity index is 1.86. The van der Waals surface area contributed by atoms with E-state index in [0.29, 0.717) is 12.4 Å². The first kappa shape index (κ1) is 18.3. The zero-order valence-electron chi connectivity index (χ0n) is 14.7. The minimum Gasteiger partial charge on any atom is -0.494 e. The Morgan fingerprint density at radius 3 is 2.33 bits per heavy atom. The molecule has 4 heteroatoms. The zero-order valence-corrected chi connectivity index (χ0v) is 14.7. The van der Waals surface area contributed by atoms with Crippen LogP contribution in [0.25, 0.3) is 0 Å². The van der Waals surface area contributed by atoms with Crippen molar-refractivity contribution in [3.05, 3.63) is 24.3 Å². The van der Waals surface area contributed by atoms with E-state index >= 15 is 0 Å². The van der Waals surface area contributed by atoms with Crippen LogP contribution in [-0.4, -0.2) is 12.6 Å². The minimum absolute atomic E-state index is 0.0978. The van der Waals surface area contributed by atoms with Crippen molar-refractivity contribution in [2.24, 2.45) is 11.3 Å². The van der Waals surface area contributed by atoms with Gasteiger partial charge in [-0.2, -0.15) is 5.26 Å². The molecule has 0 saturated heterocycles. The predicted molar refractivity (Wildman–Crippen MR) is 92.8 cm³/mol. The third-order valence-electron chi connectivity index (χ3n) is 4.76. The molecule has 1 aromatic carbocycles. The number of ether oxygens (including phenoxy) is 2. The maximum atomic E-state index is 12.3. The molecule has 24 heavy (non-hydrogen) atoms. The second-order valence-electron chi connectivity index (χ2n) is 6.66. The van der Waals surface area contributed by atoms with Gasteiger partial charge >= 0.3 is 5.97 Å².